The summed E-state index contributed by atoms with van der Waals surface area (Å²) in [5.41, 5.74) is -0.285. The summed E-state index contributed by atoms with van der Waals surface area (Å²) in [4.78, 5) is 7.84. The van der Waals surface area contributed by atoms with Gasteiger partial charge in [0.25, 0.3) is 0 Å². The van der Waals surface area contributed by atoms with E-state index < -0.39 is 11.6 Å². The molecule has 0 unspecified atom stereocenters. The molecule has 2 rings (SSSR count). The molecule has 0 bridgehead atoms. The highest BCUT2D eigenvalue weighted by Gasteiger charge is 2.12. The van der Waals surface area contributed by atoms with Gasteiger partial charge in [0.05, 0.1) is 0 Å². The van der Waals surface area contributed by atoms with Gasteiger partial charge in [-0.25, -0.2) is 18.7 Å². The Hall–Kier alpha value is -1.27. The van der Waals surface area contributed by atoms with Crippen LogP contribution in [0.2, 0.25) is 5.15 Å². The maximum Gasteiger partial charge on any atom is 0.150 e. The fraction of sp³-hybridized carbons (Fsp3) is 0.0909. The molecule has 1 N–H and O–H groups in total. The molecule has 0 fully saturated rings. The molecule has 0 radical (unpaired) electrons. The second kappa shape index (κ2) is 5.16. The van der Waals surface area contributed by atoms with Crippen molar-refractivity contribution in [2.45, 2.75) is 6.92 Å². The van der Waals surface area contributed by atoms with Gasteiger partial charge in [-0.2, -0.15) is 0 Å². The van der Waals surface area contributed by atoms with Crippen LogP contribution in [0.25, 0.3) is 0 Å². The van der Waals surface area contributed by atoms with E-state index in [1.807, 2.05) is 0 Å². The maximum atomic E-state index is 13.6. The van der Waals surface area contributed by atoms with Crippen LogP contribution in [-0.4, -0.2) is 9.97 Å². The first-order valence-electron chi connectivity index (χ1n) is 4.88. The van der Waals surface area contributed by atoms with Crippen molar-refractivity contribution in [3.8, 4) is 0 Å². The smallest absolute Gasteiger partial charge is 0.150 e. The summed E-state index contributed by atoms with van der Waals surface area (Å²) in [6, 6.07) is 3.69. The summed E-state index contributed by atoms with van der Waals surface area (Å²) in [6.07, 6.45) is 0. The van der Waals surface area contributed by atoms with Crippen LogP contribution >= 0.6 is 27.5 Å². The normalized spacial score (nSPS) is 10.5. The van der Waals surface area contributed by atoms with Crippen LogP contribution in [0.15, 0.2) is 22.7 Å². The maximum absolute atomic E-state index is 13.6. The quantitative estimate of drug-likeness (QED) is 0.836. The molecule has 0 aliphatic carbocycles. The number of hydrogen-bond donors (Lipinski definition) is 1. The van der Waals surface area contributed by atoms with Gasteiger partial charge in [-0.1, -0.05) is 27.5 Å². The van der Waals surface area contributed by atoms with Crippen molar-refractivity contribution in [1.82, 2.24) is 9.97 Å². The lowest BCUT2D eigenvalue weighted by Crippen LogP contribution is -2.01. The molecule has 0 saturated heterocycles. The fourth-order valence-corrected chi connectivity index (χ4v) is 2.01. The van der Waals surface area contributed by atoms with Gasteiger partial charge in [-0.15, -0.1) is 0 Å². The Balaban J connectivity index is 2.40. The highest BCUT2D eigenvalue weighted by molar-refractivity contribution is 9.10. The van der Waals surface area contributed by atoms with Crippen LogP contribution in [-0.2, 0) is 0 Å². The minimum Gasteiger partial charge on any atom is -0.335 e. The molecule has 0 aliphatic rings. The van der Waals surface area contributed by atoms with E-state index in [2.05, 4.69) is 31.2 Å². The summed E-state index contributed by atoms with van der Waals surface area (Å²) in [5.74, 6) is -0.820. The first kappa shape index (κ1) is 13.2. The van der Waals surface area contributed by atoms with E-state index in [0.717, 1.165) is 12.1 Å². The molecule has 3 nitrogen and oxygen atoms in total. The lowest BCUT2D eigenvalue weighted by Gasteiger charge is -2.09. The number of anilines is 2. The third-order valence-electron chi connectivity index (χ3n) is 2.07. The van der Waals surface area contributed by atoms with E-state index in [4.69, 9.17) is 11.6 Å². The van der Waals surface area contributed by atoms with Crippen LogP contribution in [0.1, 0.15) is 5.82 Å². The molecule has 0 atom stereocenters. The zero-order valence-corrected chi connectivity index (χ0v) is 11.5. The van der Waals surface area contributed by atoms with Crippen molar-refractivity contribution >= 4 is 39.0 Å². The summed E-state index contributed by atoms with van der Waals surface area (Å²) in [7, 11) is 0. The largest absolute Gasteiger partial charge is 0.335 e. The van der Waals surface area contributed by atoms with Gasteiger partial charge < -0.3 is 5.32 Å². The molecule has 0 amide bonds. The topological polar surface area (TPSA) is 37.8 Å². The highest BCUT2D eigenvalue weighted by atomic mass is 79.9. The highest BCUT2D eigenvalue weighted by Crippen LogP contribution is 2.26. The molecule has 1 aromatic heterocycles. The lowest BCUT2D eigenvalue weighted by atomic mass is 10.3. The van der Waals surface area contributed by atoms with E-state index in [9.17, 15) is 8.78 Å². The number of aryl methyl sites for hydroxylation is 1. The van der Waals surface area contributed by atoms with Gasteiger partial charge in [0, 0.05) is 10.5 Å². The predicted octanol–water partition coefficient (Wildman–Crippen LogP) is 4.22. The molecular weight excluding hydrogens is 327 g/mol. The van der Waals surface area contributed by atoms with Crippen molar-refractivity contribution in [1.29, 1.82) is 0 Å². The summed E-state index contributed by atoms with van der Waals surface area (Å²) < 4.78 is 27.5. The molecule has 1 aromatic carbocycles. The number of hydrogen-bond acceptors (Lipinski definition) is 3. The molecule has 18 heavy (non-hydrogen) atoms. The van der Waals surface area contributed by atoms with E-state index in [0.29, 0.717) is 10.3 Å². The third-order valence-corrected chi connectivity index (χ3v) is 2.72. The van der Waals surface area contributed by atoms with E-state index in [1.54, 1.807) is 6.92 Å². The van der Waals surface area contributed by atoms with Gasteiger partial charge in [-0.05, 0) is 19.1 Å². The molecule has 2 aromatic rings. The zero-order chi connectivity index (χ0) is 13.3. The van der Waals surface area contributed by atoms with Gasteiger partial charge in [0.2, 0.25) is 0 Å². The Morgan fingerprint density at radius 2 is 1.78 bits per heavy atom. The summed E-state index contributed by atoms with van der Waals surface area (Å²) >= 11 is 8.74. The summed E-state index contributed by atoms with van der Waals surface area (Å²) in [5, 5.41) is 2.74. The van der Waals surface area contributed by atoms with Gasteiger partial charge >= 0.3 is 0 Å². The van der Waals surface area contributed by atoms with Crippen LogP contribution in [0.5, 0.6) is 0 Å². The van der Waals surface area contributed by atoms with Crippen molar-refractivity contribution in [3.63, 3.8) is 0 Å². The number of nitrogens with zero attached hydrogens (tertiary/aromatic N) is 2. The molecule has 1 heterocycles. The van der Waals surface area contributed by atoms with Crippen molar-refractivity contribution in [3.05, 3.63) is 45.3 Å². The van der Waals surface area contributed by atoms with Crippen LogP contribution < -0.4 is 5.32 Å². The monoisotopic (exact) mass is 333 g/mol. The molecular formula is C11H7BrClF2N3. The second-order valence-corrected chi connectivity index (χ2v) is 4.80. The molecule has 0 saturated carbocycles. The summed E-state index contributed by atoms with van der Waals surface area (Å²) in [6.45, 7) is 1.63. The van der Waals surface area contributed by atoms with E-state index >= 15 is 0 Å². The Morgan fingerprint density at radius 1 is 1.17 bits per heavy atom. The minimum atomic E-state index is -0.728. The lowest BCUT2D eigenvalue weighted by molar-refractivity contribution is 0.589. The first-order valence-corrected chi connectivity index (χ1v) is 6.05. The van der Waals surface area contributed by atoms with Gasteiger partial charge in [-0.3, -0.25) is 0 Å². The Kier molecular flexibility index (Phi) is 3.77. The van der Waals surface area contributed by atoms with Crippen molar-refractivity contribution in [2.24, 2.45) is 0 Å². The molecule has 7 heteroatoms. The van der Waals surface area contributed by atoms with E-state index in [1.165, 1.54) is 6.07 Å². The molecule has 0 spiro atoms. The number of halogens is 4. The number of rotatable bonds is 2. The average Bonchev–Trinajstić information content (AvgIpc) is 2.22. The van der Waals surface area contributed by atoms with E-state index in [-0.39, 0.29) is 16.7 Å². The van der Waals surface area contributed by atoms with Crippen molar-refractivity contribution in [2.75, 3.05) is 5.32 Å². The standard InChI is InChI=1S/C11H7BrClF2N3/c1-5-16-9(13)4-10(17-5)18-11-7(14)2-6(12)3-8(11)15/h2-4H,1H3,(H,16,17,18). The second-order valence-electron chi connectivity index (χ2n) is 3.49. The predicted molar refractivity (Wildman–Crippen MR) is 69.1 cm³/mol. The number of nitrogens with one attached hydrogen (secondary N) is 1. The third kappa shape index (κ3) is 2.94. The first-order chi connectivity index (χ1) is 8.45. The van der Waals surface area contributed by atoms with Crippen LogP contribution in [0.4, 0.5) is 20.3 Å². The Labute approximate surface area is 115 Å². The SMILES string of the molecule is Cc1nc(Cl)cc(Nc2c(F)cc(Br)cc2F)n1. The molecule has 0 aliphatic heterocycles. The number of benzene rings is 1. The Bertz CT molecular complexity index is 564. The van der Waals surface area contributed by atoms with Crippen molar-refractivity contribution < 1.29 is 8.78 Å². The minimum absolute atomic E-state index is 0.197. The van der Waals surface area contributed by atoms with Crippen LogP contribution in [0.3, 0.4) is 0 Å². The van der Waals surface area contributed by atoms with Crippen LogP contribution in [0, 0.1) is 18.6 Å². The van der Waals surface area contributed by atoms with Gasteiger partial charge in [0.1, 0.15) is 22.5 Å². The Morgan fingerprint density at radius 3 is 2.33 bits per heavy atom. The molecule has 94 valence electrons. The number of aromatic nitrogens is 2. The van der Waals surface area contributed by atoms with Gasteiger partial charge in [0.15, 0.2) is 11.6 Å². The fourth-order valence-electron chi connectivity index (χ4n) is 1.38. The zero-order valence-electron chi connectivity index (χ0n) is 9.14. The average molecular weight is 335 g/mol.